The van der Waals surface area contributed by atoms with E-state index < -0.39 is 0 Å². The van der Waals surface area contributed by atoms with Gasteiger partial charge in [-0.25, -0.2) is 4.99 Å². The number of hydrogen-bond donors (Lipinski definition) is 1. The maximum absolute atomic E-state index is 4.75. The van der Waals surface area contributed by atoms with Crippen LogP contribution in [-0.2, 0) is 0 Å². The van der Waals surface area contributed by atoms with Gasteiger partial charge in [-0.15, -0.1) is 11.3 Å². The number of nitrogens with one attached hydrogen (secondary N) is 1. The Morgan fingerprint density at radius 1 is 1.24 bits per heavy atom. The van der Waals surface area contributed by atoms with Gasteiger partial charge in [-0.3, -0.25) is 0 Å². The summed E-state index contributed by atoms with van der Waals surface area (Å²) in [5.74, 6) is 0. The predicted octanol–water partition coefficient (Wildman–Crippen LogP) is 4.45. The molecule has 0 spiro atoms. The topological polar surface area (TPSA) is 24.4 Å². The van der Waals surface area contributed by atoms with Gasteiger partial charge in [0.2, 0.25) is 0 Å². The second-order valence-corrected chi connectivity index (χ2v) is 6.45. The molecule has 2 nitrogen and oxygen atoms in total. The molecule has 1 aromatic carbocycles. The molecule has 86 valence electrons. The van der Waals surface area contributed by atoms with E-state index in [2.05, 4.69) is 46.4 Å². The summed E-state index contributed by atoms with van der Waals surface area (Å²) in [6.07, 6.45) is 0. The van der Waals surface area contributed by atoms with E-state index in [4.69, 9.17) is 4.99 Å². The van der Waals surface area contributed by atoms with E-state index in [1.165, 1.54) is 4.88 Å². The number of thiophene rings is 1. The summed E-state index contributed by atoms with van der Waals surface area (Å²) in [6, 6.07) is 12.6. The lowest BCUT2D eigenvalue weighted by atomic mass is 10.1. The van der Waals surface area contributed by atoms with Gasteiger partial charge in [0.05, 0.1) is 31.8 Å². The lowest BCUT2D eigenvalue weighted by molar-refractivity contribution is 1.03. The molecule has 0 fully saturated rings. The number of para-hydroxylation sites is 2. The standard InChI is InChI=1S/C13H11BrN2S/c1-8-13(11-6-7-12(14)17-11)16-10-5-3-2-4-9(10)15-8/h2-8,15H,1H3. The van der Waals surface area contributed by atoms with Gasteiger partial charge in [0.15, 0.2) is 0 Å². The minimum atomic E-state index is 0.246. The number of halogens is 1. The summed E-state index contributed by atoms with van der Waals surface area (Å²) in [6.45, 7) is 2.14. The quantitative estimate of drug-likeness (QED) is 0.827. The van der Waals surface area contributed by atoms with Crippen LogP contribution >= 0.6 is 27.3 Å². The van der Waals surface area contributed by atoms with Crippen molar-refractivity contribution in [2.75, 3.05) is 5.32 Å². The lowest BCUT2D eigenvalue weighted by Gasteiger charge is -2.23. The van der Waals surface area contributed by atoms with Crippen LogP contribution in [0.4, 0.5) is 11.4 Å². The molecule has 2 aromatic rings. The second kappa shape index (κ2) is 4.27. The molecule has 1 aliphatic rings. The highest BCUT2D eigenvalue weighted by Gasteiger charge is 2.20. The predicted molar refractivity (Wildman–Crippen MR) is 77.7 cm³/mol. The number of rotatable bonds is 1. The smallest absolute Gasteiger partial charge is 0.0866 e. The summed E-state index contributed by atoms with van der Waals surface area (Å²) in [7, 11) is 0. The molecule has 1 N–H and O–H groups in total. The molecule has 2 heterocycles. The van der Waals surface area contributed by atoms with Gasteiger partial charge >= 0.3 is 0 Å². The second-order valence-electron chi connectivity index (χ2n) is 3.98. The summed E-state index contributed by atoms with van der Waals surface area (Å²) in [5.41, 5.74) is 3.24. The maximum atomic E-state index is 4.75. The Labute approximate surface area is 113 Å². The monoisotopic (exact) mass is 306 g/mol. The third-order valence-electron chi connectivity index (χ3n) is 2.75. The molecule has 3 rings (SSSR count). The highest BCUT2D eigenvalue weighted by molar-refractivity contribution is 9.11. The molecular weight excluding hydrogens is 296 g/mol. The van der Waals surface area contributed by atoms with E-state index in [1.807, 2.05) is 18.2 Å². The van der Waals surface area contributed by atoms with Crippen LogP contribution in [0.2, 0.25) is 0 Å². The van der Waals surface area contributed by atoms with Gasteiger partial charge in [0.1, 0.15) is 0 Å². The molecule has 0 saturated carbocycles. The highest BCUT2D eigenvalue weighted by atomic mass is 79.9. The summed E-state index contributed by atoms with van der Waals surface area (Å²) < 4.78 is 1.14. The van der Waals surface area contributed by atoms with E-state index in [0.29, 0.717) is 0 Å². The van der Waals surface area contributed by atoms with Crippen LogP contribution in [0.5, 0.6) is 0 Å². The first kappa shape index (κ1) is 11.0. The van der Waals surface area contributed by atoms with Gasteiger partial charge in [-0.1, -0.05) is 12.1 Å². The van der Waals surface area contributed by atoms with E-state index >= 15 is 0 Å². The summed E-state index contributed by atoms with van der Waals surface area (Å²) in [5, 5.41) is 3.48. The van der Waals surface area contributed by atoms with Gasteiger partial charge in [-0.05, 0) is 47.1 Å². The van der Waals surface area contributed by atoms with Crippen molar-refractivity contribution in [3.05, 3.63) is 45.1 Å². The molecule has 1 atom stereocenters. The van der Waals surface area contributed by atoms with Crippen LogP contribution < -0.4 is 5.32 Å². The zero-order chi connectivity index (χ0) is 11.8. The Bertz CT molecular complexity index is 589. The van der Waals surface area contributed by atoms with E-state index in [9.17, 15) is 0 Å². The van der Waals surface area contributed by atoms with Gasteiger partial charge in [0.25, 0.3) is 0 Å². The summed E-state index contributed by atoms with van der Waals surface area (Å²) >= 11 is 5.21. The highest BCUT2D eigenvalue weighted by Crippen LogP contribution is 2.33. The average Bonchev–Trinajstić information content (AvgIpc) is 2.75. The maximum Gasteiger partial charge on any atom is 0.0866 e. The molecule has 4 heteroatoms. The fraction of sp³-hybridized carbons (Fsp3) is 0.154. The van der Waals surface area contributed by atoms with Crippen molar-refractivity contribution in [3.63, 3.8) is 0 Å². The molecule has 17 heavy (non-hydrogen) atoms. The van der Waals surface area contributed by atoms with Crippen LogP contribution in [0, 0.1) is 0 Å². The number of fused-ring (bicyclic) bond motifs is 1. The van der Waals surface area contributed by atoms with E-state index in [-0.39, 0.29) is 6.04 Å². The Balaban J connectivity index is 2.09. The minimum Gasteiger partial charge on any atom is -0.375 e. The number of anilines is 1. The normalized spacial score (nSPS) is 18.2. The van der Waals surface area contributed by atoms with Crippen molar-refractivity contribution >= 4 is 44.4 Å². The third kappa shape index (κ3) is 2.03. The van der Waals surface area contributed by atoms with Crippen LogP contribution in [0.15, 0.2) is 45.2 Å². The molecule has 0 amide bonds. The zero-order valence-electron chi connectivity index (χ0n) is 9.27. The van der Waals surface area contributed by atoms with Crippen LogP contribution in [0.25, 0.3) is 0 Å². The number of hydrogen-bond acceptors (Lipinski definition) is 3. The largest absolute Gasteiger partial charge is 0.375 e. The molecule has 1 aromatic heterocycles. The van der Waals surface area contributed by atoms with Crippen molar-refractivity contribution in [2.24, 2.45) is 4.99 Å². The lowest BCUT2D eigenvalue weighted by Crippen LogP contribution is -2.28. The van der Waals surface area contributed by atoms with E-state index in [0.717, 1.165) is 20.9 Å². The van der Waals surface area contributed by atoms with Crippen LogP contribution in [-0.4, -0.2) is 11.8 Å². The van der Waals surface area contributed by atoms with Crippen molar-refractivity contribution in [1.29, 1.82) is 0 Å². The Morgan fingerprint density at radius 2 is 2.06 bits per heavy atom. The number of benzene rings is 1. The summed E-state index contributed by atoms with van der Waals surface area (Å²) in [4.78, 5) is 5.97. The first-order chi connectivity index (χ1) is 8.24. The first-order valence-corrected chi connectivity index (χ1v) is 7.05. The fourth-order valence-corrected chi connectivity index (χ4v) is 3.41. The molecule has 0 bridgehead atoms. The average molecular weight is 307 g/mol. The minimum absolute atomic E-state index is 0.246. The molecular formula is C13H11BrN2S. The zero-order valence-corrected chi connectivity index (χ0v) is 11.7. The van der Waals surface area contributed by atoms with Gasteiger partial charge < -0.3 is 5.32 Å². The SMILES string of the molecule is CC1Nc2ccccc2N=C1c1ccc(Br)s1. The number of aliphatic imine (C=N–C) groups is 1. The molecule has 0 saturated heterocycles. The number of nitrogens with zero attached hydrogens (tertiary/aromatic N) is 1. The first-order valence-electron chi connectivity index (χ1n) is 5.44. The van der Waals surface area contributed by atoms with Crippen molar-refractivity contribution < 1.29 is 0 Å². The Morgan fingerprint density at radius 3 is 2.82 bits per heavy atom. The van der Waals surface area contributed by atoms with Crippen molar-refractivity contribution in [1.82, 2.24) is 0 Å². The third-order valence-corrected chi connectivity index (χ3v) is 4.40. The molecule has 1 aliphatic heterocycles. The van der Waals surface area contributed by atoms with Crippen LogP contribution in [0.3, 0.4) is 0 Å². The molecule has 0 aliphatic carbocycles. The van der Waals surface area contributed by atoms with Crippen molar-refractivity contribution in [3.8, 4) is 0 Å². The molecule has 0 radical (unpaired) electrons. The van der Waals surface area contributed by atoms with E-state index in [1.54, 1.807) is 11.3 Å². The Hall–Kier alpha value is -1.13. The van der Waals surface area contributed by atoms with Crippen molar-refractivity contribution in [2.45, 2.75) is 13.0 Å². The van der Waals surface area contributed by atoms with Gasteiger partial charge in [0, 0.05) is 0 Å². The van der Waals surface area contributed by atoms with Gasteiger partial charge in [-0.2, -0.15) is 0 Å². The Kier molecular flexibility index (Phi) is 2.76. The van der Waals surface area contributed by atoms with Crippen LogP contribution in [0.1, 0.15) is 11.8 Å². The fourth-order valence-electron chi connectivity index (χ4n) is 1.94. The molecule has 1 unspecified atom stereocenters.